The maximum Gasteiger partial charge on any atom is 1.00 e. The van der Waals surface area contributed by atoms with E-state index >= 15 is 0 Å². The molecule has 0 heterocycles. The number of hydrogen-bond donors (Lipinski definition) is 0. The van der Waals surface area contributed by atoms with Crippen LogP contribution in [0.4, 0.5) is 0 Å². The molecule has 11 heavy (non-hydrogen) atoms. The minimum absolute atomic E-state index is 0. The molecule has 1 unspecified atom stereocenters. The van der Waals surface area contributed by atoms with E-state index in [0.29, 0.717) is 0 Å². The van der Waals surface area contributed by atoms with Gasteiger partial charge in [0, 0.05) is 4.75 Å². The molecule has 1 saturated carbocycles. The van der Waals surface area contributed by atoms with E-state index in [9.17, 15) is 8.76 Å². The maximum atomic E-state index is 10.7. The van der Waals surface area contributed by atoms with E-state index in [-0.39, 0.29) is 29.6 Å². The Labute approximate surface area is 92.7 Å². The zero-order chi connectivity index (χ0) is 7.61. The van der Waals surface area contributed by atoms with Crippen LogP contribution in [0.3, 0.4) is 0 Å². The monoisotopic (exact) mass is 184 g/mol. The van der Waals surface area contributed by atoms with Crippen molar-refractivity contribution in [3.8, 4) is 0 Å². The van der Waals surface area contributed by atoms with Crippen molar-refractivity contribution in [2.45, 2.75) is 43.8 Å². The van der Waals surface area contributed by atoms with E-state index in [0.717, 1.165) is 25.7 Å². The van der Waals surface area contributed by atoms with Crippen LogP contribution in [0, 0.1) is 0 Å². The molecule has 0 aromatic heterocycles. The Kier molecular flexibility index (Phi) is 5.48. The van der Waals surface area contributed by atoms with Gasteiger partial charge in [0.25, 0.3) is 0 Å². The fourth-order valence-corrected chi connectivity index (χ4v) is 2.09. The van der Waals surface area contributed by atoms with Crippen LogP contribution < -0.4 is 29.6 Å². The Balaban J connectivity index is 0.000001000. The molecule has 0 amide bonds. The van der Waals surface area contributed by atoms with Gasteiger partial charge in [-0.3, -0.25) is 4.21 Å². The van der Waals surface area contributed by atoms with Crippen LogP contribution in [0.5, 0.6) is 0 Å². The van der Waals surface area contributed by atoms with E-state index in [4.69, 9.17) is 0 Å². The quantitative estimate of drug-likeness (QED) is 0.371. The summed E-state index contributed by atoms with van der Waals surface area (Å²) in [6.07, 6.45) is 5.05. The third-order valence-electron chi connectivity index (χ3n) is 2.31. The molecule has 4 heteroatoms. The average Bonchev–Trinajstić information content (AvgIpc) is 1.89. The molecular formula is C7H13NaO2S. The van der Waals surface area contributed by atoms with Gasteiger partial charge in [0.05, 0.1) is 0 Å². The van der Waals surface area contributed by atoms with Crippen LogP contribution in [0.1, 0.15) is 39.0 Å². The maximum absolute atomic E-state index is 10.7. The minimum Gasteiger partial charge on any atom is -0.772 e. The molecule has 1 atom stereocenters. The summed E-state index contributed by atoms with van der Waals surface area (Å²) in [6.45, 7) is 1.84. The van der Waals surface area contributed by atoms with Crippen molar-refractivity contribution < 1.29 is 38.3 Å². The van der Waals surface area contributed by atoms with E-state index in [1.807, 2.05) is 6.92 Å². The van der Waals surface area contributed by atoms with Gasteiger partial charge in [-0.2, -0.15) is 0 Å². The zero-order valence-corrected chi connectivity index (χ0v) is 10.1. The van der Waals surface area contributed by atoms with Crippen LogP contribution in [-0.4, -0.2) is 13.5 Å². The molecule has 0 bridgehead atoms. The molecule has 1 aliphatic carbocycles. The van der Waals surface area contributed by atoms with Gasteiger partial charge >= 0.3 is 29.6 Å². The topological polar surface area (TPSA) is 40.1 Å². The second-order valence-electron chi connectivity index (χ2n) is 3.25. The summed E-state index contributed by atoms with van der Waals surface area (Å²) in [4.78, 5) is 0. The molecule has 1 fully saturated rings. The van der Waals surface area contributed by atoms with E-state index < -0.39 is 15.8 Å². The van der Waals surface area contributed by atoms with Gasteiger partial charge in [-0.1, -0.05) is 19.3 Å². The Morgan fingerprint density at radius 1 is 1.27 bits per heavy atom. The molecule has 0 N–H and O–H groups in total. The van der Waals surface area contributed by atoms with Crippen molar-refractivity contribution in [1.29, 1.82) is 0 Å². The van der Waals surface area contributed by atoms with Gasteiger partial charge in [-0.25, -0.2) is 0 Å². The molecule has 0 spiro atoms. The van der Waals surface area contributed by atoms with Crippen molar-refractivity contribution >= 4 is 11.1 Å². The standard InChI is InChI=1S/C7H14O2S.Na/c1-7(10(8)9)5-3-2-4-6-7;/h2-6H2,1H3,(H,8,9);/q;+1/p-1. The number of rotatable bonds is 1. The van der Waals surface area contributed by atoms with Crippen LogP contribution >= 0.6 is 0 Å². The van der Waals surface area contributed by atoms with Gasteiger partial charge in [0.2, 0.25) is 0 Å². The fourth-order valence-electron chi connectivity index (χ4n) is 1.47. The summed E-state index contributed by atoms with van der Waals surface area (Å²) in [6, 6.07) is 0. The Morgan fingerprint density at radius 2 is 1.73 bits per heavy atom. The van der Waals surface area contributed by atoms with Gasteiger partial charge < -0.3 is 4.55 Å². The molecule has 1 aliphatic rings. The molecule has 0 saturated heterocycles. The molecule has 60 valence electrons. The second kappa shape index (κ2) is 4.97. The average molecular weight is 184 g/mol. The summed E-state index contributed by atoms with van der Waals surface area (Å²) in [5.74, 6) is 0. The van der Waals surface area contributed by atoms with Gasteiger partial charge in [0.1, 0.15) is 0 Å². The molecule has 0 aliphatic heterocycles. The van der Waals surface area contributed by atoms with Crippen molar-refractivity contribution in [3.63, 3.8) is 0 Å². The molecule has 0 radical (unpaired) electrons. The third-order valence-corrected chi connectivity index (χ3v) is 3.53. The first kappa shape index (κ1) is 12.1. The van der Waals surface area contributed by atoms with Crippen LogP contribution in [-0.2, 0) is 11.1 Å². The predicted molar refractivity (Wildman–Crippen MR) is 40.4 cm³/mol. The summed E-state index contributed by atoms with van der Waals surface area (Å²) in [7, 11) is 0. The van der Waals surface area contributed by atoms with Crippen LogP contribution in [0.15, 0.2) is 0 Å². The van der Waals surface area contributed by atoms with Gasteiger partial charge in [-0.05, 0) is 30.8 Å². The Hall–Kier alpha value is 1.11. The van der Waals surface area contributed by atoms with Crippen molar-refractivity contribution in [3.05, 3.63) is 0 Å². The zero-order valence-electron chi connectivity index (χ0n) is 7.26. The summed E-state index contributed by atoms with van der Waals surface area (Å²) < 4.78 is 20.9. The molecule has 2 nitrogen and oxygen atoms in total. The normalized spacial score (nSPS) is 25.3. The van der Waals surface area contributed by atoms with Crippen molar-refractivity contribution in [2.75, 3.05) is 0 Å². The van der Waals surface area contributed by atoms with Gasteiger partial charge in [-0.15, -0.1) is 0 Å². The number of hydrogen-bond acceptors (Lipinski definition) is 2. The second-order valence-corrected chi connectivity index (χ2v) is 4.70. The van der Waals surface area contributed by atoms with E-state index in [1.165, 1.54) is 6.42 Å². The van der Waals surface area contributed by atoms with Gasteiger partial charge in [0.15, 0.2) is 0 Å². The third kappa shape index (κ3) is 3.15. The molecular weight excluding hydrogens is 171 g/mol. The first-order valence-corrected chi connectivity index (χ1v) is 4.82. The Morgan fingerprint density at radius 3 is 2.00 bits per heavy atom. The van der Waals surface area contributed by atoms with Crippen molar-refractivity contribution in [1.82, 2.24) is 0 Å². The van der Waals surface area contributed by atoms with Crippen LogP contribution in [0.25, 0.3) is 0 Å². The van der Waals surface area contributed by atoms with E-state index in [1.54, 1.807) is 0 Å². The summed E-state index contributed by atoms with van der Waals surface area (Å²) in [5.41, 5.74) is 0. The SMILES string of the molecule is CC1(S(=O)[O-])CCCCC1.[Na+]. The summed E-state index contributed by atoms with van der Waals surface area (Å²) >= 11 is -1.87. The smallest absolute Gasteiger partial charge is 0.772 e. The van der Waals surface area contributed by atoms with E-state index in [2.05, 4.69) is 0 Å². The molecule has 0 aromatic carbocycles. The molecule has 0 aromatic rings. The fraction of sp³-hybridized carbons (Fsp3) is 1.00. The molecule has 1 rings (SSSR count). The predicted octanol–water partition coefficient (Wildman–Crippen LogP) is -1.41. The van der Waals surface area contributed by atoms with Crippen molar-refractivity contribution in [2.24, 2.45) is 0 Å². The first-order valence-electron chi connectivity index (χ1n) is 3.74. The van der Waals surface area contributed by atoms with Crippen LogP contribution in [0.2, 0.25) is 0 Å². The Bertz CT molecular complexity index is 143. The first-order chi connectivity index (χ1) is 4.65. The minimum atomic E-state index is -1.87. The summed E-state index contributed by atoms with van der Waals surface area (Å²) in [5, 5.41) is 0. The largest absolute Gasteiger partial charge is 1.00 e.